The van der Waals surface area contributed by atoms with Gasteiger partial charge in [0, 0.05) is 23.6 Å². The Hall–Kier alpha value is -2.30. The minimum atomic E-state index is -0.406. The van der Waals surface area contributed by atoms with E-state index in [0.29, 0.717) is 6.54 Å². The molecule has 0 atom stereocenters. The number of carbonyl (C=O) groups excluding carboxylic acids is 2. The fourth-order valence-electron chi connectivity index (χ4n) is 1.88. The molecule has 0 aliphatic carbocycles. The number of H-pyrrole nitrogens is 1. The van der Waals surface area contributed by atoms with Crippen molar-refractivity contribution in [2.24, 2.45) is 0 Å². The lowest BCUT2D eigenvalue weighted by Crippen LogP contribution is -2.28. The highest BCUT2D eigenvalue weighted by molar-refractivity contribution is 5.88. The monoisotopic (exact) mass is 260 g/mol. The van der Waals surface area contributed by atoms with E-state index >= 15 is 0 Å². The van der Waals surface area contributed by atoms with Crippen molar-refractivity contribution in [3.05, 3.63) is 36.0 Å². The number of benzene rings is 1. The van der Waals surface area contributed by atoms with Crippen LogP contribution in [0.1, 0.15) is 12.5 Å². The minimum absolute atomic E-state index is 0.156. The van der Waals surface area contributed by atoms with Crippen molar-refractivity contribution in [3.8, 4) is 0 Å². The molecule has 2 aromatic rings. The van der Waals surface area contributed by atoms with E-state index in [0.717, 1.165) is 16.5 Å². The molecule has 1 amide bonds. The minimum Gasteiger partial charge on any atom is -0.455 e. The molecule has 0 aliphatic heterocycles. The van der Waals surface area contributed by atoms with E-state index in [4.69, 9.17) is 4.74 Å². The second-order valence-electron chi connectivity index (χ2n) is 4.15. The molecule has 1 aromatic heterocycles. The summed E-state index contributed by atoms with van der Waals surface area (Å²) in [7, 11) is 0. The van der Waals surface area contributed by atoms with Crippen molar-refractivity contribution in [2.75, 3.05) is 13.2 Å². The van der Waals surface area contributed by atoms with Crippen molar-refractivity contribution >= 4 is 22.8 Å². The molecular weight excluding hydrogens is 244 g/mol. The number of esters is 1. The number of nitrogens with one attached hydrogen (secondary N) is 2. The van der Waals surface area contributed by atoms with Gasteiger partial charge in [-0.05, 0) is 18.6 Å². The molecule has 0 unspecified atom stereocenters. The van der Waals surface area contributed by atoms with E-state index in [1.807, 2.05) is 31.2 Å². The first-order chi connectivity index (χ1) is 9.20. The molecule has 0 bridgehead atoms. The van der Waals surface area contributed by atoms with Crippen molar-refractivity contribution in [1.29, 1.82) is 0 Å². The third-order valence-corrected chi connectivity index (χ3v) is 2.75. The van der Waals surface area contributed by atoms with E-state index < -0.39 is 5.97 Å². The van der Waals surface area contributed by atoms with E-state index in [1.54, 1.807) is 6.20 Å². The molecule has 0 saturated heterocycles. The van der Waals surface area contributed by atoms with Gasteiger partial charge in [0.1, 0.15) is 0 Å². The average molecular weight is 260 g/mol. The van der Waals surface area contributed by atoms with Crippen LogP contribution in [0.15, 0.2) is 30.5 Å². The smallest absolute Gasteiger partial charge is 0.310 e. The van der Waals surface area contributed by atoms with Gasteiger partial charge in [-0.3, -0.25) is 9.59 Å². The van der Waals surface area contributed by atoms with Crippen molar-refractivity contribution < 1.29 is 14.3 Å². The number of hydrogen-bond donors (Lipinski definition) is 2. The predicted molar refractivity (Wildman–Crippen MR) is 71.6 cm³/mol. The predicted octanol–water partition coefficient (Wildman–Crippen LogP) is 1.39. The van der Waals surface area contributed by atoms with Gasteiger partial charge >= 0.3 is 5.97 Å². The second-order valence-corrected chi connectivity index (χ2v) is 4.15. The maximum Gasteiger partial charge on any atom is 0.310 e. The van der Waals surface area contributed by atoms with Crippen LogP contribution >= 0.6 is 0 Å². The van der Waals surface area contributed by atoms with Crippen molar-refractivity contribution in [3.63, 3.8) is 0 Å². The molecular formula is C14H16N2O3. The number of amides is 1. The van der Waals surface area contributed by atoms with Gasteiger partial charge in [-0.1, -0.05) is 18.2 Å². The van der Waals surface area contributed by atoms with Gasteiger partial charge < -0.3 is 15.0 Å². The molecule has 19 heavy (non-hydrogen) atoms. The Morgan fingerprint density at radius 1 is 1.32 bits per heavy atom. The fraction of sp³-hybridized carbons (Fsp3) is 0.286. The molecule has 0 spiro atoms. The van der Waals surface area contributed by atoms with Gasteiger partial charge in [0.2, 0.25) is 0 Å². The summed E-state index contributed by atoms with van der Waals surface area (Å²) in [6.07, 6.45) is 1.95. The van der Waals surface area contributed by atoms with Crippen LogP contribution in [-0.4, -0.2) is 30.0 Å². The third-order valence-electron chi connectivity index (χ3n) is 2.75. The number of fused-ring (bicyclic) bond motifs is 1. The van der Waals surface area contributed by atoms with Crippen LogP contribution in [0.3, 0.4) is 0 Å². The number of para-hydroxylation sites is 1. The highest BCUT2D eigenvalue weighted by atomic mass is 16.5. The second kappa shape index (κ2) is 6.04. The molecule has 0 aliphatic rings. The van der Waals surface area contributed by atoms with E-state index in [9.17, 15) is 9.59 Å². The quantitative estimate of drug-likeness (QED) is 0.798. The van der Waals surface area contributed by atoms with E-state index in [1.165, 1.54) is 0 Å². The number of likely N-dealkylation sites (N-methyl/N-ethyl adjacent to an activating group) is 1. The standard InChI is InChI=1S/C14H16N2O3/c1-2-15-13(17)9-19-14(18)7-10-8-16-12-6-4-3-5-11(10)12/h3-6,8,16H,2,7,9H2,1H3,(H,15,17). The Morgan fingerprint density at radius 2 is 2.11 bits per heavy atom. The number of rotatable bonds is 5. The zero-order chi connectivity index (χ0) is 13.7. The fourth-order valence-corrected chi connectivity index (χ4v) is 1.88. The largest absolute Gasteiger partial charge is 0.455 e. The lowest BCUT2D eigenvalue weighted by atomic mass is 10.1. The normalized spacial score (nSPS) is 10.4. The van der Waals surface area contributed by atoms with Gasteiger partial charge in [0.15, 0.2) is 6.61 Å². The molecule has 5 nitrogen and oxygen atoms in total. The Kier molecular flexibility index (Phi) is 4.18. The third kappa shape index (κ3) is 3.34. The topological polar surface area (TPSA) is 71.2 Å². The molecule has 1 heterocycles. The summed E-state index contributed by atoms with van der Waals surface area (Å²) < 4.78 is 4.91. The first-order valence-electron chi connectivity index (χ1n) is 6.18. The summed E-state index contributed by atoms with van der Waals surface area (Å²) in [5.41, 5.74) is 1.85. The lowest BCUT2D eigenvalue weighted by molar-refractivity contribution is -0.147. The van der Waals surface area contributed by atoms with Crippen molar-refractivity contribution in [2.45, 2.75) is 13.3 Å². The van der Waals surface area contributed by atoms with E-state index in [2.05, 4.69) is 10.3 Å². The Balaban J connectivity index is 1.94. The zero-order valence-corrected chi connectivity index (χ0v) is 10.7. The molecule has 2 rings (SSSR count). The lowest BCUT2D eigenvalue weighted by Gasteiger charge is -2.04. The number of aromatic amines is 1. The number of hydrogen-bond acceptors (Lipinski definition) is 3. The Bertz CT molecular complexity index is 589. The van der Waals surface area contributed by atoms with Crippen LogP contribution in [0.5, 0.6) is 0 Å². The number of carbonyl (C=O) groups is 2. The van der Waals surface area contributed by atoms with Crippen molar-refractivity contribution in [1.82, 2.24) is 10.3 Å². The van der Waals surface area contributed by atoms with Gasteiger partial charge in [-0.2, -0.15) is 0 Å². The maximum atomic E-state index is 11.6. The Labute approximate surface area is 110 Å². The molecule has 0 saturated carbocycles. The molecule has 0 radical (unpaired) electrons. The molecule has 100 valence electrons. The van der Waals surface area contributed by atoms with Gasteiger partial charge in [0.05, 0.1) is 6.42 Å². The summed E-state index contributed by atoms with van der Waals surface area (Å²) in [6.45, 7) is 2.11. The molecule has 1 aromatic carbocycles. The van der Waals surface area contributed by atoms with Crippen LogP contribution in [0.25, 0.3) is 10.9 Å². The average Bonchev–Trinajstić information content (AvgIpc) is 2.80. The summed E-state index contributed by atoms with van der Waals surface area (Å²) in [6, 6.07) is 7.73. The van der Waals surface area contributed by atoms with Crippen LogP contribution < -0.4 is 5.32 Å². The van der Waals surface area contributed by atoms with Crippen LogP contribution in [0, 0.1) is 0 Å². The highest BCUT2D eigenvalue weighted by Crippen LogP contribution is 2.18. The highest BCUT2D eigenvalue weighted by Gasteiger charge is 2.11. The number of aromatic nitrogens is 1. The first kappa shape index (κ1) is 13.1. The first-order valence-corrected chi connectivity index (χ1v) is 6.18. The maximum absolute atomic E-state index is 11.6. The van der Waals surface area contributed by atoms with Gasteiger partial charge in [0.25, 0.3) is 5.91 Å². The molecule has 2 N–H and O–H groups in total. The summed E-state index contributed by atoms with van der Waals surface area (Å²) >= 11 is 0. The van der Waals surface area contributed by atoms with Gasteiger partial charge in [-0.15, -0.1) is 0 Å². The molecule has 5 heteroatoms. The molecule has 0 fully saturated rings. The summed E-state index contributed by atoms with van der Waals surface area (Å²) in [4.78, 5) is 25.9. The summed E-state index contributed by atoms with van der Waals surface area (Å²) in [5.74, 6) is -0.689. The van der Waals surface area contributed by atoms with Crippen LogP contribution in [-0.2, 0) is 20.7 Å². The SMILES string of the molecule is CCNC(=O)COC(=O)Cc1c[nH]c2ccccc12. The number of ether oxygens (including phenoxy) is 1. The Morgan fingerprint density at radius 3 is 2.89 bits per heavy atom. The zero-order valence-electron chi connectivity index (χ0n) is 10.7. The van der Waals surface area contributed by atoms with Crippen LogP contribution in [0.4, 0.5) is 0 Å². The van der Waals surface area contributed by atoms with E-state index in [-0.39, 0.29) is 18.9 Å². The summed E-state index contributed by atoms with van der Waals surface area (Å²) in [5, 5.41) is 3.56. The van der Waals surface area contributed by atoms with Gasteiger partial charge in [-0.25, -0.2) is 0 Å². The van der Waals surface area contributed by atoms with Crippen LogP contribution in [0.2, 0.25) is 0 Å².